The van der Waals surface area contributed by atoms with Crippen LogP contribution in [0.5, 0.6) is 0 Å². The molecule has 1 N–H and O–H groups in total. The van der Waals surface area contributed by atoms with Crippen molar-refractivity contribution < 1.29 is 22.8 Å². The van der Waals surface area contributed by atoms with Crippen molar-refractivity contribution in [2.45, 2.75) is 37.4 Å². The SMILES string of the molecule is O=C(NC1CC(=O)N(CC(F)(F)F)C1)c1scnc1C1CC1. The third-order valence-corrected chi connectivity index (χ3v) is 4.53. The molecule has 1 saturated heterocycles. The van der Waals surface area contributed by atoms with Gasteiger partial charge < -0.3 is 10.2 Å². The van der Waals surface area contributed by atoms with Gasteiger partial charge in [0.1, 0.15) is 11.4 Å². The molecular formula is C13H14F3N3O2S. The van der Waals surface area contributed by atoms with Gasteiger partial charge in [0.15, 0.2) is 0 Å². The summed E-state index contributed by atoms with van der Waals surface area (Å²) in [5.41, 5.74) is 2.36. The fraction of sp³-hybridized carbons (Fsp3) is 0.615. The molecule has 120 valence electrons. The molecular weight excluding hydrogens is 319 g/mol. The summed E-state index contributed by atoms with van der Waals surface area (Å²) in [5.74, 6) is -0.621. The van der Waals surface area contributed by atoms with E-state index < -0.39 is 24.7 Å². The van der Waals surface area contributed by atoms with Crippen molar-refractivity contribution in [1.82, 2.24) is 15.2 Å². The average Bonchev–Trinajstić information content (AvgIpc) is 3.03. The monoisotopic (exact) mass is 333 g/mol. The van der Waals surface area contributed by atoms with Gasteiger partial charge in [-0.1, -0.05) is 0 Å². The smallest absolute Gasteiger partial charge is 0.346 e. The fourth-order valence-corrected chi connectivity index (χ4v) is 3.34. The number of carbonyl (C=O) groups is 2. The van der Waals surface area contributed by atoms with Gasteiger partial charge >= 0.3 is 6.18 Å². The summed E-state index contributed by atoms with van der Waals surface area (Å²) in [4.78, 5) is 29.2. The van der Waals surface area contributed by atoms with Gasteiger partial charge in [-0.05, 0) is 12.8 Å². The Balaban J connectivity index is 1.60. The Bertz CT molecular complexity index is 598. The number of carbonyl (C=O) groups excluding carboxylic acids is 2. The van der Waals surface area contributed by atoms with Crippen LogP contribution in [0.25, 0.3) is 0 Å². The molecule has 1 aliphatic heterocycles. The van der Waals surface area contributed by atoms with Crippen molar-refractivity contribution >= 4 is 23.2 Å². The first-order chi connectivity index (χ1) is 10.3. The predicted octanol–water partition coefficient (Wildman–Crippen LogP) is 1.91. The first kappa shape index (κ1) is 15.3. The minimum absolute atomic E-state index is 0.0978. The molecule has 9 heteroatoms. The van der Waals surface area contributed by atoms with Gasteiger partial charge in [0, 0.05) is 18.9 Å². The summed E-state index contributed by atoms with van der Waals surface area (Å²) >= 11 is 1.22. The summed E-state index contributed by atoms with van der Waals surface area (Å²) in [5, 5.41) is 2.65. The molecule has 0 bridgehead atoms. The Morgan fingerprint density at radius 1 is 1.45 bits per heavy atom. The van der Waals surface area contributed by atoms with Crippen molar-refractivity contribution in [3.05, 3.63) is 16.1 Å². The molecule has 0 spiro atoms. The molecule has 22 heavy (non-hydrogen) atoms. The maximum atomic E-state index is 12.4. The van der Waals surface area contributed by atoms with E-state index in [9.17, 15) is 22.8 Å². The summed E-state index contributed by atoms with van der Waals surface area (Å²) < 4.78 is 37.1. The van der Waals surface area contributed by atoms with Crippen LogP contribution in [0.1, 0.15) is 40.5 Å². The van der Waals surface area contributed by atoms with Crippen LogP contribution in [0.15, 0.2) is 5.51 Å². The summed E-state index contributed by atoms with van der Waals surface area (Å²) in [6.07, 6.45) is -2.51. The number of hydrogen-bond donors (Lipinski definition) is 1. The van der Waals surface area contributed by atoms with E-state index in [1.807, 2.05) is 0 Å². The zero-order valence-corrected chi connectivity index (χ0v) is 12.3. The van der Waals surface area contributed by atoms with E-state index in [0.29, 0.717) is 10.8 Å². The Labute approximate surface area is 128 Å². The third-order valence-electron chi connectivity index (χ3n) is 3.69. The number of nitrogens with one attached hydrogen (secondary N) is 1. The van der Waals surface area contributed by atoms with Crippen molar-refractivity contribution in [2.24, 2.45) is 0 Å². The highest BCUT2D eigenvalue weighted by molar-refractivity contribution is 7.11. The normalized spacial score (nSPS) is 22.2. The van der Waals surface area contributed by atoms with Gasteiger partial charge in [0.05, 0.1) is 17.2 Å². The number of alkyl halides is 3. The van der Waals surface area contributed by atoms with Crippen LogP contribution in [0, 0.1) is 0 Å². The average molecular weight is 333 g/mol. The van der Waals surface area contributed by atoms with Gasteiger partial charge in [0.2, 0.25) is 5.91 Å². The van der Waals surface area contributed by atoms with E-state index in [-0.39, 0.29) is 18.9 Å². The molecule has 1 saturated carbocycles. The molecule has 0 radical (unpaired) electrons. The number of amides is 2. The highest BCUT2D eigenvalue weighted by Gasteiger charge is 2.39. The standard InChI is InChI=1S/C13H14F3N3O2S/c14-13(15,16)5-19-4-8(3-9(19)20)18-12(21)11-10(7-1-2-7)17-6-22-11/h6-8H,1-5H2,(H,18,21). The van der Waals surface area contributed by atoms with E-state index in [4.69, 9.17) is 0 Å². The molecule has 3 rings (SSSR count). The topological polar surface area (TPSA) is 62.3 Å². The molecule has 1 aromatic rings. The molecule has 1 unspecified atom stereocenters. The second-order valence-corrected chi connectivity index (χ2v) is 6.46. The van der Waals surface area contributed by atoms with Gasteiger partial charge in [0.25, 0.3) is 5.91 Å². The molecule has 1 atom stereocenters. The number of nitrogens with zero attached hydrogens (tertiary/aromatic N) is 2. The van der Waals surface area contributed by atoms with E-state index >= 15 is 0 Å². The number of rotatable bonds is 4. The molecule has 2 aliphatic rings. The fourth-order valence-electron chi connectivity index (χ4n) is 2.56. The van der Waals surface area contributed by atoms with Crippen LogP contribution in [0.2, 0.25) is 0 Å². The van der Waals surface area contributed by atoms with E-state index in [0.717, 1.165) is 23.4 Å². The minimum atomic E-state index is -4.43. The minimum Gasteiger partial charge on any atom is -0.346 e. The van der Waals surface area contributed by atoms with Crippen LogP contribution in [-0.2, 0) is 4.79 Å². The van der Waals surface area contributed by atoms with Gasteiger partial charge in [-0.3, -0.25) is 9.59 Å². The highest BCUT2D eigenvalue weighted by atomic mass is 32.1. The maximum absolute atomic E-state index is 12.4. The number of aromatic nitrogens is 1. The largest absolute Gasteiger partial charge is 0.406 e. The summed E-state index contributed by atoms with van der Waals surface area (Å²) in [6.45, 7) is -1.38. The van der Waals surface area contributed by atoms with Crippen molar-refractivity contribution in [1.29, 1.82) is 0 Å². The van der Waals surface area contributed by atoms with Crippen LogP contribution < -0.4 is 5.32 Å². The number of thiazole rings is 1. The first-order valence-electron chi connectivity index (χ1n) is 6.92. The lowest BCUT2D eigenvalue weighted by Crippen LogP contribution is -2.39. The Morgan fingerprint density at radius 3 is 2.82 bits per heavy atom. The number of hydrogen-bond acceptors (Lipinski definition) is 4. The van der Waals surface area contributed by atoms with Crippen LogP contribution in [0.3, 0.4) is 0 Å². The van der Waals surface area contributed by atoms with Crippen LogP contribution in [0.4, 0.5) is 13.2 Å². The maximum Gasteiger partial charge on any atom is 0.406 e. The molecule has 0 aromatic carbocycles. The van der Waals surface area contributed by atoms with Gasteiger partial charge in [-0.25, -0.2) is 4.98 Å². The van der Waals surface area contributed by atoms with Crippen molar-refractivity contribution in [2.75, 3.05) is 13.1 Å². The van der Waals surface area contributed by atoms with Crippen molar-refractivity contribution in [3.63, 3.8) is 0 Å². The lowest BCUT2D eigenvalue weighted by molar-refractivity contribution is -0.157. The number of halogens is 3. The third kappa shape index (κ3) is 3.40. The first-order valence-corrected chi connectivity index (χ1v) is 7.80. The number of likely N-dealkylation sites (tertiary alicyclic amines) is 1. The van der Waals surface area contributed by atoms with Crippen molar-refractivity contribution in [3.8, 4) is 0 Å². The predicted molar refractivity (Wildman–Crippen MR) is 72.6 cm³/mol. The molecule has 5 nitrogen and oxygen atoms in total. The highest BCUT2D eigenvalue weighted by Crippen LogP contribution is 2.41. The van der Waals surface area contributed by atoms with Gasteiger partial charge in [-0.2, -0.15) is 13.2 Å². The Kier molecular flexibility index (Phi) is 3.84. The molecule has 1 aliphatic carbocycles. The zero-order valence-electron chi connectivity index (χ0n) is 11.5. The second kappa shape index (κ2) is 5.53. The molecule has 1 aromatic heterocycles. The van der Waals surface area contributed by atoms with Crippen LogP contribution in [-0.4, -0.2) is 47.0 Å². The molecule has 2 amide bonds. The van der Waals surface area contributed by atoms with E-state index in [1.54, 1.807) is 5.51 Å². The van der Waals surface area contributed by atoms with Crippen LogP contribution >= 0.6 is 11.3 Å². The lowest BCUT2D eigenvalue weighted by Gasteiger charge is -2.18. The second-order valence-electron chi connectivity index (χ2n) is 5.60. The lowest BCUT2D eigenvalue weighted by atomic mass is 10.2. The molecule has 2 fully saturated rings. The quantitative estimate of drug-likeness (QED) is 0.916. The Hall–Kier alpha value is -1.64. The van der Waals surface area contributed by atoms with E-state index in [2.05, 4.69) is 10.3 Å². The molecule has 2 heterocycles. The summed E-state index contributed by atoms with van der Waals surface area (Å²) in [7, 11) is 0. The van der Waals surface area contributed by atoms with Gasteiger partial charge in [-0.15, -0.1) is 11.3 Å². The van der Waals surface area contributed by atoms with E-state index in [1.165, 1.54) is 11.3 Å². The Morgan fingerprint density at radius 2 is 2.18 bits per heavy atom. The zero-order chi connectivity index (χ0) is 15.9. The summed E-state index contributed by atoms with van der Waals surface area (Å²) in [6, 6.07) is -0.587.